The second-order valence-electron chi connectivity index (χ2n) is 5.58. The molecule has 0 amide bonds. The van der Waals surface area contributed by atoms with E-state index in [1.807, 2.05) is 30.3 Å². The van der Waals surface area contributed by atoms with Crippen LogP contribution in [0, 0.1) is 11.3 Å². The first-order valence-corrected chi connectivity index (χ1v) is 8.15. The Morgan fingerprint density at radius 2 is 1.88 bits per heavy atom. The molecular weight excluding hydrogens is 350 g/mol. The van der Waals surface area contributed by atoms with Crippen LogP contribution in [0.1, 0.15) is 11.1 Å². The molecule has 6 heteroatoms. The Bertz CT molecular complexity index is 1000. The molecule has 5 nitrogen and oxygen atoms in total. The minimum absolute atomic E-state index is 0.459. The van der Waals surface area contributed by atoms with E-state index < -0.39 is 11.5 Å². The van der Waals surface area contributed by atoms with E-state index in [1.165, 1.54) is 6.08 Å². The van der Waals surface area contributed by atoms with Crippen LogP contribution in [0.2, 0.25) is 5.02 Å². The molecule has 0 fully saturated rings. The maximum atomic E-state index is 11.1. The van der Waals surface area contributed by atoms with Crippen molar-refractivity contribution in [2.75, 3.05) is 0 Å². The average Bonchev–Trinajstić information content (AvgIpc) is 3.03. The highest BCUT2D eigenvalue weighted by Gasteiger charge is 2.12. The van der Waals surface area contributed by atoms with Crippen LogP contribution in [0.15, 0.2) is 66.4 Å². The number of aromatic nitrogens is 2. The summed E-state index contributed by atoms with van der Waals surface area (Å²) in [5, 5.41) is 25.2. The maximum absolute atomic E-state index is 11.1. The van der Waals surface area contributed by atoms with Gasteiger partial charge in [-0.3, -0.25) is 4.68 Å². The molecule has 0 aliphatic heterocycles. The lowest BCUT2D eigenvalue weighted by atomic mass is 10.1. The third-order valence-corrected chi connectivity index (χ3v) is 3.99. The van der Waals surface area contributed by atoms with Crippen LogP contribution in [-0.2, 0) is 11.3 Å². The van der Waals surface area contributed by atoms with Crippen molar-refractivity contribution >= 4 is 23.6 Å². The molecule has 0 N–H and O–H groups in total. The number of carbonyl (C=O) groups is 1. The third kappa shape index (κ3) is 4.00. The van der Waals surface area contributed by atoms with Gasteiger partial charge < -0.3 is 9.90 Å². The molecule has 1 aromatic heterocycles. The Hall–Kier alpha value is -3.36. The van der Waals surface area contributed by atoms with Crippen molar-refractivity contribution < 1.29 is 9.90 Å². The number of benzene rings is 2. The smallest absolute Gasteiger partial charge is 0.101 e. The van der Waals surface area contributed by atoms with E-state index in [4.69, 9.17) is 16.9 Å². The lowest BCUT2D eigenvalue weighted by molar-refractivity contribution is -0.298. The molecule has 0 spiro atoms. The zero-order valence-corrected chi connectivity index (χ0v) is 14.3. The number of halogens is 1. The predicted molar refractivity (Wildman–Crippen MR) is 96.8 cm³/mol. The van der Waals surface area contributed by atoms with Gasteiger partial charge in [-0.25, -0.2) is 0 Å². The monoisotopic (exact) mass is 362 g/mol. The van der Waals surface area contributed by atoms with Crippen LogP contribution in [0.25, 0.3) is 17.3 Å². The quantitative estimate of drug-likeness (QED) is 0.516. The van der Waals surface area contributed by atoms with Crippen LogP contribution in [-0.4, -0.2) is 15.7 Å². The van der Waals surface area contributed by atoms with Crippen LogP contribution >= 0.6 is 11.6 Å². The fourth-order valence-corrected chi connectivity index (χ4v) is 2.64. The van der Waals surface area contributed by atoms with Crippen LogP contribution in [0.3, 0.4) is 0 Å². The molecule has 3 aromatic rings. The van der Waals surface area contributed by atoms with Gasteiger partial charge in [-0.15, -0.1) is 0 Å². The summed E-state index contributed by atoms with van der Waals surface area (Å²) in [6.45, 7) is 0.516. The van der Waals surface area contributed by atoms with Gasteiger partial charge in [0.25, 0.3) is 0 Å². The summed E-state index contributed by atoms with van der Waals surface area (Å²) in [5.74, 6) is -1.52. The SMILES string of the molecule is N#C/C(=C\c1cn(Cc2ccccc2)nc1-c1ccc(Cl)cc1)C(=O)[O-]. The van der Waals surface area contributed by atoms with Gasteiger partial charge in [-0.2, -0.15) is 10.4 Å². The van der Waals surface area contributed by atoms with Crippen molar-refractivity contribution in [1.29, 1.82) is 5.26 Å². The van der Waals surface area contributed by atoms with Gasteiger partial charge in [-0.1, -0.05) is 54.1 Å². The van der Waals surface area contributed by atoms with E-state index >= 15 is 0 Å². The molecule has 26 heavy (non-hydrogen) atoms. The minimum Gasteiger partial charge on any atom is -0.544 e. The summed E-state index contributed by atoms with van der Waals surface area (Å²) in [7, 11) is 0. The lowest BCUT2D eigenvalue weighted by Gasteiger charge is -2.02. The normalized spacial score (nSPS) is 11.2. The van der Waals surface area contributed by atoms with E-state index in [-0.39, 0.29) is 0 Å². The Morgan fingerprint density at radius 3 is 2.50 bits per heavy atom. The standard InChI is InChI=1S/C20H14ClN3O2/c21-18-8-6-15(7-9-18)19-17(10-16(11-22)20(25)26)13-24(23-19)12-14-4-2-1-3-5-14/h1-10,13H,12H2,(H,25,26)/p-1/b16-10+. The van der Waals surface area contributed by atoms with Gasteiger partial charge in [0.05, 0.1) is 23.8 Å². The predicted octanol–water partition coefficient (Wildman–Crippen LogP) is 2.91. The van der Waals surface area contributed by atoms with E-state index in [0.717, 1.165) is 11.1 Å². The zero-order valence-electron chi connectivity index (χ0n) is 13.6. The summed E-state index contributed by atoms with van der Waals surface area (Å²) in [6.07, 6.45) is 2.98. The molecular formula is C20H13ClN3O2-. The second kappa shape index (κ2) is 7.68. The number of carboxylic acid groups (broad SMARTS) is 1. The molecule has 3 rings (SSSR count). The Kier molecular flexibility index (Phi) is 5.16. The van der Waals surface area contributed by atoms with Gasteiger partial charge >= 0.3 is 0 Å². The molecule has 0 radical (unpaired) electrons. The first-order valence-electron chi connectivity index (χ1n) is 7.77. The van der Waals surface area contributed by atoms with E-state index in [2.05, 4.69) is 5.10 Å². The summed E-state index contributed by atoms with van der Waals surface area (Å²) in [4.78, 5) is 11.1. The molecule has 0 aliphatic carbocycles. The molecule has 0 saturated heterocycles. The molecule has 2 aromatic carbocycles. The Balaban J connectivity index is 2.07. The van der Waals surface area contributed by atoms with Crippen LogP contribution < -0.4 is 5.11 Å². The summed E-state index contributed by atoms with van der Waals surface area (Å²) in [5.41, 5.74) is 2.44. The Labute approximate surface area is 155 Å². The van der Waals surface area contributed by atoms with Crippen molar-refractivity contribution in [3.05, 3.63) is 82.5 Å². The first-order chi connectivity index (χ1) is 12.6. The van der Waals surface area contributed by atoms with Crippen LogP contribution in [0.4, 0.5) is 0 Å². The number of aliphatic carboxylic acids is 1. The molecule has 128 valence electrons. The number of rotatable bonds is 5. The summed E-state index contributed by atoms with van der Waals surface area (Å²) < 4.78 is 1.70. The average molecular weight is 363 g/mol. The summed E-state index contributed by atoms with van der Waals surface area (Å²) in [6, 6.07) is 18.4. The zero-order chi connectivity index (χ0) is 18.5. The third-order valence-electron chi connectivity index (χ3n) is 3.74. The summed E-state index contributed by atoms with van der Waals surface area (Å²) >= 11 is 5.93. The molecule has 0 aliphatic rings. The highest BCUT2D eigenvalue weighted by atomic mass is 35.5. The molecule has 0 unspecified atom stereocenters. The lowest BCUT2D eigenvalue weighted by Crippen LogP contribution is -2.23. The second-order valence-corrected chi connectivity index (χ2v) is 6.02. The number of hydrogen-bond acceptors (Lipinski definition) is 4. The molecule has 0 saturated carbocycles. The largest absolute Gasteiger partial charge is 0.544 e. The van der Waals surface area contributed by atoms with Gasteiger partial charge in [0.2, 0.25) is 0 Å². The number of nitrogens with zero attached hydrogens (tertiary/aromatic N) is 3. The Morgan fingerprint density at radius 1 is 1.19 bits per heavy atom. The van der Waals surface area contributed by atoms with Crippen molar-refractivity contribution in [3.8, 4) is 17.3 Å². The van der Waals surface area contributed by atoms with Gasteiger partial charge in [0, 0.05) is 22.3 Å². The molecule has 1 heterocycles. The van der Waals surface area contributed by atoms with Crippen LogP contribution in [0.5, 0.6) is 0 Å². The fourth-order valence-electron chi connectivity index (χ4n) is 2.52. The van der Waals surface area contributed by atoms with Gasteiger partial charge in [0.1, 0.15) is 6.07 Å². The number of nitriles is 1. The van der Waals surface area contributed by atoms with E-state index in [1.54, 1.807) is 41.2 Å². The van der Waals surface area contributed by atoms with E-state index in [0.29, 0.717) is 22.8 Å². The highest BCUT2D eigenvalue weighted by Crippen LogP contribution is 2.26. The van der Waals surface area contributed by atoms with Crippen molar-refractivity contribution in [3.63, 3.8) is 0 Å². The van der Waals surface area contributed by atoms with Gasteiger partial charge in [-0.05, 0) is 23.8 Å². The molecule has 0 atom stereocenters. The number of hydrogen-bond donors (Lipinski definition) is 0. The topological polar surface area (TPSA) is 81.7 Å². The van der Waals surface area contributed by atoms with Gasteiger partial charge in [0.15, 0.2) is 0 Å². The number of carbonyl (C=O) groups excluding carboxylic acids is 1. The molecule has 0 bridgehead atoms. The van der Waals surface area contributed by atoms with Crippen molar-refractivity contribution in [2.45, 2.75) is 6.54 Å². The highest BCUT2D eigenvalue weighted by molar-refractivity contribution is 6.30. The van der Waals surface area contributed by atoms with Crippen molar-refractivity contribution in [1.82, 2.24) is 9.78 Å². The fraction of sp³-hybridized carbons (Fsp3) is 0.0500. The number of carboxylic acids is 1. The minimum atomic E-state index is -1.52. The van der Waals surface area contributed by atoms with E-state index in [9.17, 15) is 9.90 Å². The first kappa shape index (κ1) is 17.5. The maximum Gasteiger partial charge on any atom is 0.101 e. The van der Waals surface area contributed by atoms with Crippen molar-refractivity contribution in [2.24, 2.45) is 0 Å².